The molecule has 0 aliphatic heterocycles. The van der Waals surface area contributed by atoms with E-state index in [0.29, 0.717) is 18.0 Å². The zero-order valence-electron chi connectivity index (χ0n) is 12.4. The third kappa shape index (κ3) is 4.45. The molecule has 0 spiro atoms. The van der Waals surface area contributed by atoms with Gasteiger partial charge in [-0.15, -0.1) is 11.6 Å². The van der Waals surface area contributed by atoms with Crippen LogP contribution in [0.3, 0.4) is 0 Å². The highest BCUT2D eigenvalue weighted by Crippen LogP contribution is 2.16. The van der Waals surface area contributed by atoms with Crippen LogP contribution >= 0.6 is 11.6 Å². The summed E-state index contributed by atoms with van der Waals surface area (Å²) in [6.07, 6.45) is 3.94. The van der Waals surface area contributed by atoms with Crippen LogP contribution in [0.1, 0.15) is 30.5 Å². The Morgan fingerprint density at radius 2 is 1.91 bits per heavy atom. The van der Waals surface area contributed by atoms with Gasteiger partial charge in [-0.1, -0.05) is 17.7 Å². The lowest BCUT2D eigenvalue weighted by Gasteiger charge is -2.06. The number of nitrogens with one attached hydrogen (secondary N) is 1. The van der Waals surface area contributed by atoms with Crippen LogP contribution in [0.15, 0.2) is 51.9 Å². The van der Waals surface area contributed by atoms with E-state index in [9.17, 15) is 8.42 Å². The van der Waals surface area contributed by atoms with Crippen LogP contribution in [-0.2, 0) is 10.0 Å². The number of aromatic amines is 1. The van der Waals surface area contributed by atoms with Crippen LogP contribution in [0.25, 0.3) is 0 Å². The Morgan fingerprint density at radius 1 is 1.18 bits per heavy atom. The van der Waals surface area contributed by atoms with Crippen molar-refractivity contribution in [2.75, 3.05) is 5.88 Å². The van der Waals surface area contributed by atoms with Gasteiger partial charge in [-0.05, 0) is 50.5 Å². The predicted molar refractivity (Wildman–Crippen MR) is 90.3 cm³/mol. The number of unbranched alkanes of at least 4 members (excludes halogenated alkanes) is 1. The molecule has 0 bridgehead atoms. The molecule has 0 amide bonds. The summed E-state index contributed by atoms with van der Waals surface area (Å²) in [6.45, 7) is 1.91. The minimum atomic E-state index is -3.70. The Balaban J connectivity index is 2.32. The predicted octanol–water partition coefficient (Wildman–Crippen LogP) is 3.91. The lowest BCUT2D eigenvalue weighted by atomic mass is 10.1. The minimum Gasteiger partial charge on any atom is -0.360 e. The molecule has 1 aromatic carbocycles. The first-order valence-electron chi connectivity index (χ1n) is 7.13. The molecule has 2 aromatic rings. The van der Waals surface area contributed by atoms with Gasteiger partial charge in [0.25, 0.3) is 10.0 Å². The standard InChI is InChI=1S/C16H19ClN2O2S/c1-13-7-9-14(10-8-13)22(20,21)19-16(5-2-3-11-17)15-6-4-12-18-15/h4,6-10,12,18H,2-3,5,11H2,1H3/b19-16+. The molecule has 0 radical (unpaired) electrons. The summed E-state index contributed by atoms with van der Waals surface area (Å²) in [5.41, 5.74) is 2.27. The molecule has 0 atom stereocenters. The Hall–Kier alpha value is -1.59. The van der Waals surface area contributed by atoms with Gasteiger partial charge >= 0.3 is 0 Å². The van der Waals surface area contributed by atoms with Gasteiger partial charge in [0.15, 0.2) is 0 Å². The Labute approximate surface area is 136 Å². The first-order valence-corrected chi connectivity index (χ1v) is 9.10. The first-order chi connectivity index (χ1) is 10.5. The van der Waals surface area contributed by atoms with Crippen LogP contribution in [0.4, 0.5) is 0 Å². The van der Waals surface area contributed by atoms with Crippen LogP contribution < -0.4 is 0 Å². The van der Waals surface area contributed by atoms with Crippen LogP contribution in [0.5, 0.6) is 0 Å². The van der Waals surface area contributed by atoms with E-state index in [1.165, 1.54) is 0 Å². The Bertz CT molecular complexity index is 720. The SMILES string of the molecule is Cc1ccc(S(=O)(=O)/N=C(\CCCCCl)c2ccc[nH]2)cc1. The van der Waals surface area contributed by atoms with Gasteiger partial charge in [0, 0.05) is 12.1 Å². The minimum absolute atomic E-state index is 0.208. The van der Waals surface area contributed by atoms with Gasteiger partial charge in [0.05, 0.1) is 16.3 Å². The molecule has 1 N–H and O–H groups in total. The number of alkyl halides is 1. The number of benzene rings is 1. The van der Waals surface area contributed by atoms with E-state index < -0.39 is 10.0 Å². The monoisotopic (exact) mass is 338 g/mol. The topological polar surface area (TPSA) is 62.3 Å². The molecule has 0 aliphatic carbocycles. The van der Waals surface area contributed by atoms with Crippen LogP contribution in [-0.4, -0.2) is 25.0 Å². The molecule has 6 heteroatoms. The molecular formula is C16H19ClN2O2S. The number of aryl methyl sites for hydroxylation is 1. The summed E-state index contributed by atoms with van der Waals surface area (Å²) in [4.78, 5) is 3.23. The van der Waals surface area contributed by atoms with Crippen molar-refractivity contribution >= 4 is 27.3 Å². The number of H-pyrrole nitrogens is 1. The van der Waals surface area contributed by atoms with Crippen LogP contribution in [0, 0.1) is 6.92 Å². The van der Waals surface area contributed by atoms with E-state index in [1.54, 1.807) is 30.5 Å². The maximum atomic E-state index is 12.5. The lowest BCUT2D eigenvalue weighted by molar-refractivity contribution is 0.598. The fourth-order valence-corrected chi connectivity index (χ4v) is 3.29. The summed E-state index contributed by atoms with van der Waals surface area (Å²) in [5.74, 6) is 0.558. The number of sulfonamides is 1. The Morgan fingerprint density at radius 3 is 2.50 bits per heavy atom. The van der Waals surface area contributed by atoms with Crippen molar-refractivity contribution in [3.63, 3.8) is 0 Å². The Kier molecular flexibility index (Phi) is 5.80. The second-order valence-electron chi connectivity index (χ2n) is 5.06. The zero-order valence-corrected chi connectivity index (χ0v) is 14.0. The van der Waals surface area contributed by atoms with E-state index in [-0.39, 0.29) is 4.90 Å². The number of rotatable bonds is 7. The smallest absolute Gasteiger partial charge is 0.282 e. The normalized spacial score (nSPS) is 12.5. The highest BCUT2D eigenvalue weighted by atomic mass is 35.5. The fourth-order valence-electron chi connectivity index (χ4n) is 2.03. The maximum Gasteiger partial charge on any atom is 0.282 e. The van der Waals surface area contributed by atoms with Crippen molar-refractivity contribution in [1.29, 1.82) is 0 Å². The molecule has 4 nitrogen and oxygen atoms in total. The van der Waals surface area contributed by atoms with Gasteiger partial charge in [0.2, 0.25) is 0 Å². The molecule has 0 unspecified atom stereocenters. The molecule has 1 heterocycles. The molecule has 0 saturated carbocycles. The molecule has 118 valence electrons. The average molecular weight is 339 g/mol. The van der Waals surface area contributed by atoms with Crippen molar-refractivity contribution < 1.29 is 8.42 Å². The van der Waals surface area contributed by atoms with E-state index in [1.807, 2.05) is 19.1 Å². The number of hydrogen-bond donors (Lipinski definition) is 1. The first kappa shape index (κ1) is 16.8. The highest BCUT2D eigenvalue weighted by molar-refractivity contribution is 7.90. The van der Waals surface area contributed by atoms with E-state index in [0.717, 1.165) is 24.1 Å². The number of hydrogen-bond acceptors (Lipinski definition) is 2. The van der Waals surface area contributed by atoms with E-state index in [4.69, 9.17) is 11.6 Å². The summed E-state index contributed by atoms with van der Waals surface area (Å²) in [5, 5.41) is 0. The van der Waals surface area contributed by atoms with Crippen molar-refractivity contribution in [1.82, 2.24) is 4.98 Å². The molecular weight excluding hydrogens is 320 g/mol. The number of aromatic nitrogens is 1. The van der Waals surface area contributed by atoms with Crippen molar-refractivity contribution in [3.8, 4) is 0 Å². The molecule has 1 aromatic heterocycles. The number of halogens is 1. The van der Waals surface area contributed by atoms with Crippen LogP contribution in [0.2, 0.25) is 0 Å². The van der Waals surface area contributed by atoms with Gasteiger partial charge < -0.3 is 4.98 Å². The second kappa shape index (κ2) is 7.61. The molecule has 22 heavy (non-hydrogen) atoms. The summed E-state index contributed by atoms with van der Waals surface area (Å²) < 4.78 is 28.9. The lowest BCUT2D eigenvalue weighted by Crippen LogP contribution is -2.07. The van der Waals surface area contributed by atoms with Gasteiger partial charge in [-0.3, -0.25) is 0 Å². The number of nitrogens with zero attached hydrogens (tertiary/aromatic N) is 1. The summed E-state index contributed by atoms with van der Waals surface area (Å²) in [6, 6.07) is 10.3. The zero-order chi connectivity index (χ0) is 16.0. The highest BCUT2D eigenvalue weighted by Gasteiger charge is 2.15. The summed E-state index contributed by atoms with van der Waals surface area (Å²) >= 11 is 5.69. The molecule has 2 rings (SSSR count). The van der Waals surface area contributed by atoms with Crippen molar-refractivity contribution in [3.05, 3.63) is 53.9 Å². The third-order valence-electron chi connectivity index (χ3n) is 3.26. The van der Waals surface area contributed by atoms with E-state index >= 15 is 0 Å². The van der Waals surface area contributed by atoms with E-state index in [2.05, 4.69) is 9.38 Å². The van der Waals surface area contributed by atoms with Gasteiger partial charge in [-0.2, -0.15) is 12.8 Å². The molecule has 0 aliphatic rings. The summed E-state index contributed by atoms with van der Waals surface area (Å²) in [7, 11) is -3.70. The van der Waals surface area contributed by atoms with Crippen molar-refractivity contribution in [2.24, 2.45) is 4.40 Å². The van der Waals surface area contributed by atoms with Gasteiger partial charge in [0.1, 0.15) is 0 Å². The fraction of sp³-hybridized carbons (Fsp3) is 0.312. The maximum absolute atomic E-state index is 12.5. The largest absolute Gasteiger partial charge is 0.360 e. The molecule has 0 fully saturated rings. The average Bonchev–Trinajstić information content (AvgIpc) is 3.01. The quantitative estimate of drug-likeness (QED) is 0.472. The van der Waals surface area contributed by atoms with Gasteiger partial charge in [-0.25, -0.2) is 0 Å². The second-order valence-corrected chi connectivity index (χ2v) is 7.04. The third-order valence-corrected chi connectivity index (χ3v) is 4.85. The molecule has 0 saturated heterocycles. The van der Waals surface area contributed by atoms with Crippen molar-refractivity contribution in [2.45, 2.75) is 31.1 Å².